The van der Waals surface area contributed by atoms with Gasteiger partial charge in [0.05, 0.1) is 19.8 Å². The van der Waals surface area contributed by atoms with Crippen molar-refractivity contribution in [2.24, 2.45) is 18.0 Å². The minimum atomic E-state index is 0.577. The highest BCUT2D eigenvalue weighted by Crippen LogP contribution is 2.12. The van der Waals surface area contributed by atoms with Gasteiger partial charge in [0.1, 0.15) is 12.2 Å². The predicted octanol–water partition coefficient (Wildman–Crippen LogP) is 0.266. The van der Waals surface area contributed by atoms with Crippen LogP contribution < -0.4 is 5.32 Å². The van der Waals surface area contributed by atoms with Crippen LogP contribution in [0.25, 0.3) is 0 Å². The van der Waals surface area contributed by atoms with Gasteiger partial charge in [0, 0.05) is 46.8 Å². The van der Waals surface area contributed by atoms with E-state index in [1.54, 1.807) is 18.1 Å². The van der Waals surface area contributed by atoms with Gasteiger partial charge in [-0.1, -0.05) is 0 Å². The van der Waals surface area contributed by atoms with Gasteiger partial charge in [-0.2, -0.15) is 5.10 Å². The van der Waals surface area contributed by atoms with Crippen molar-refractivity contribution >= 4 is 5.96 Å². The Balaban J connectivity index is 1.59. The fourth-order valence-electron chi connectivity index (χ4n) is 2.47. The summed E-state index contributed by atoms with van der Waals surface area (Å²) in [6.07, 6.45) is 3.63. The van der Waals surface area contributed by atoms with Crippen LogP contribution in [-0.2, 0) is 23.1 Å². The molecule has 1 aromatic heterocycles. The molecule has 1 aromatic rings. The zero-order chi connectivity index (χ0) is 16.5. The number of aromatic nitrogens is 3. The Hall–Kier alpha value is -1.67. The van der Waals surface area contributed by atoms with Crippen LogP contribution in [0.1, 0.15) is 18.7 Å². The van der Waals surface area contributed by atoms with Gasteiger partial charge in [-0.05, 0) is 12.8 Å². The third-order valence-corrected chi connectivity index (χ3v) is 3.88. The molecule has 0 bridgehead atoms. The van der Waals surface area contributed by atoms with Gasteiger partial charge >= 0.3 is 0 Å². The Labute approximate surface area is 137 Å². The summed E-state index contributed by atoms with van der Waals surface area (Å²) in [5, 5.41) is 7.42. The molecule has 0 aliphatic carbocycles. The summed E-state index contributed by atoms with van der Waals surface area (Å²) in [5.74, 6) is 2.32. The van der Waals surface area contributed by atoms with E-state index in [4.69, 9.17) is 9.47 Å². The van der Waals surface area contributed by atoms with Crippen molar-refractivity contribution in [2.45, 2.75) is 19.4 Å². The van der Waals surface area contributed by atoms with Crippen LogP contribution >= 0.6 is 0 Å². The smallest absolute Gasteiger partial charge is 0.193 e. The lowest BCUT2D eigenvalue weighted by Crippen LogP contribution is -2.39. The Bertz CT molecular complexity index is 484. The summed E-state index contributed by atoms with van der Waals surface area (Å²) in [7, 11) is 5.66. The second kappa shape index (κ2) is 9.46. The van der Waals surface area contributed by atoms with E-state index in [-0.39, 0.29) is 0 Å². The van der Waals surface area contributed by atoms with Gasteiger partial charge in [-0.25, -0.2) is 4.98 Å². The van der Waals surface area contributed by atoms with E-state index in [1.807, 2.05) is 19.0 Å². The monoisotopic (exact) mass is 324 g/mol. The molecule has 0 spiro atoms. The fraction of sp³-hybridized carbons (Fsp3) is 0.800. The molecule has 8 heteroatoms. The standard InChI is InChI=1S/C15H28N6O2/c1-16-15(20(2)9-14-18-12-19-21(14)3)17-6-4-7-22-10-13-5-8-23-11-13/h12-13H,4-11H2,1-3H3,(H,16,17). The molecular formula is C15H28N6O2. The minimum Gasteiger partial charge on any atom is -0.381 e. The number of nitrogens with one attached hydrogen (secondary N) is 1. The quantitative estimate of drug-likeness (QED) is 0.420. The molecule has 1 saturated heterocycles. The molecule has 23 heavy (non-hydrogen) atoms. The first-order valence-electron chi connectivity index (χ1n) is 8.11. The van der Waals surface area contributed by atoms with E-state index < -0.39 is 0 Å². The zero-order valence-corrected chi connectivity index (χ0v) is 14.4. The Kier molecular flexibility index (Phi) is 7.28. The van der Waals surface area contributed by atoms with Gasteiger partial charge in [0.25, 0.3) is 0 Å². The van der Waals surface area contributed by atoms with Gasteiger partial charge in [0.2, 0.25) is 0 Å². The molecule has 1 N–H and O–H groups in total. The molecule has 130 valence electrons. The van der Waals surface area contributed by atoms with Crippen LogP contribution in [0, 0.1) is 5.92 Å². The van der Waals surface area contributed by atoms with Crippen molar-refractivity contribution < 1.29 is 9.47 Å². The highest BCUT2D eigenvalue weighted by atomic mass is 16.5. The van der Waals surface area contributed by atoms with Crippen LogP contribution in [0.3, 0.4) is 0 Å². The third-order valence-electron chi connectivity index (χ3n) is 3.88. The molecule has 0 aromatic carbocycles. The maximum Gasteiger partial charge on any atom is 0.193 e. The normalized spacial score (nSPS) is 18.4. The van der Waals surface area contributed by atoms with Gasteiger partial charge in [-0.15, -0.1) is 0 Å². The van der Waals surface area contributed by atoms with Gasteiger partial charge in [0.15, 0.2) is 5.96 Å². The molecule has 0 saturated carbocycles. The SMILES string of the molecule is CN=C(NCCCOCC1CCOC1)N(C)Cc1ncnn1C. The lowest BCUT2D eigenvalue weighted by molar-refractivity contribution is 0.0887. The fourth-order valence-corrected chi connectivity index (χ4v) is 2.47. The second-order valence-electron chi connectivity index (χ2n) is 5.79. The number of aryl methyl sites for hydroxylation is 1. The van der Waals surface area contributed by atoms with Crippen molar-refractivity contribution in [1.82, 2.24) is 25.0 Å². The molecule has 8 nitrogen and oxygen atoms in total. The lowest BCUT2D eigenvalue weighted by atomic mass is 10.1. The predicted molar refractivity (Wildman–Crippen MR) is 88.2 cm³/mol. The van der Waals surface area contributed by atoms with Crippen molar-refractivity contribution in [3.05, 3.63) is 12.2 Å². The molecular weight excluding hydrogens is 296 g/mol. The maximum atomic E-state index is 5.70. The second-order valence-corrected chi connectivity index (χ2v) is 5.79. The molecule has 0 radical (unpaired) electrons. The number of hydrogen-bond donors (Lipinski definition) is 1. The molecule has 2 rings (SSSR count). The Morgan fingerprint density at radius 2 is 2.48 bits per heavy atom. The summed E-state index contributed by atoms with van der Waals surface area (Å²) in [6.45, 7) is 4.78. The van der Waals surface area contributed by atoms with Crippen molar-refractivity contribution in [1.29, 1.82) is 0 Å². The molecule has 1 unspecified atom stereocenters. The van der Waals surface area contributed by atoms with Crippen LogP contribution in [0.2, 0.25) is 0 Å². The van der Waals surface area contributed by atoms with Gasteiger partial charge in [-0.3, -0.25) is 9.67 Å². The third kappa shape index (κ3) is 5.80. The lowest BCUT2D eigenvalue weighted by Gasteiger charge is -2.21. The van der Waals surface area contributed by atoms with E-state index in [1.165, 1.54) is 0 Å². The average Bonchev–Trinajstić information content (AvgIpc) is 3.19. The van der Waals surface area contributed by atoms with Crippen LogP contribution in [0.15, 0.2) is 11.3 Å². The average molecular weight is 324 g/mol. The van der Waals surface area contributed by atoms with E-state index in [2.05, 4.69) is 20.4 Å². The minimum absolute atomic E-state index is 0.577. The number of nitrogens with zero attached hydrogens (tertiary/aromatic N) is 5. The van der Waals surface area contributed by atoms with Crippen LogP contribution in [0.5, 0.6) is 0 Å². The Morgan fingerprint density at radius 1 is 1.61 bits per heavy atom. The topological polar surface area (TPSA) is 76.8 Å². The number of guanidine groups is 1. The van der Waals surface area contributed by atoms with Crippen molar-refractivity contribution in [3.63, 3.8) is 0 Å². The molecule has 1 fully saturated rings. The first-order chi connectivity index (χ1) is 11.2. The van der Waals surface area contributed by atoms with Crippen molar-refractivity contribution in [2.75, 3.05) is 47.1 Å². The molecule has 0 amide bonds. The van der Waals surface area contributed by atoms with Crippen molar-refractivity contribution in [3.8, 4) is 0 Å². The summed E-state index contributed by atoms with van der Waals surface area (Å²) in [4.78, 5) is 10.6. The molecule has 1 aliphatic heterocycles. The highest BCUT2D eigenvalue weighted by Gasteiger charge is 2.15. The number of hydrogen-bond acceptors (Lipinski definition) is 5. The first kappa shape index (κ1) is 17.7. The summed E-state index contributed by atoms with van der Waals surface area (Å²) < 4.78 is 12.8. The maximum absolute atomic E-state index is 5.70. The largest absolute Gasteiger partial charge is 0.381 e. The number of ether oxygens (including phenoxy) is 2. The molecule has 2 heterocycles. The van der Waals surface area contributed by atoms with E-state index in [0.717, 1.165) is 57.6 Å². The zero-order valence-electron chi connectivity index (χ0n) is 14.4. The van der Waals surface area contributed by atoms with E-state index in [9.17, 15) is 0 Å². The summed E-state index contributed by atoms with van der Waals surface area (Å²) in [5.41, 5.74) is 0. The van der Waals surface area contributed by atoms with E-state index >= 15 is 0 Å². The molecule has 1 aliphatic rings. The summed E-state index contributed by atoms with van der Waals surface area (Å²) >= 11 is 0. The number of aliphatic imine (C=N–C) groups is 1. The summed E-state index contributed by atoms with van der Waals surface area (Å²) in [6, 6.07) is 0. The first-order valence-corrected chi connectivity index (χ1v) is 8.11. The van der Waals surface area contributed by atoms with E-state index in [0.29, 0.717) is 12.5 Å². The van der Waals surface area contributed by atoms with Gasteiger partial charge < -0.3 is 19.7 Å². The van der Waals surface area contributed by atoms with Crippen LogP contribution in [-0.4, -0.2) is 72.7 Å². The molecule has 1 atom stereocenters. The number of rotatable bonds is 8. The highest BCUT2D eigenvalue weighted by molar-refractivity contribution is 5.79. The Morgan fingerprint density at radius 3 is 3.13 bits per heavy atom. The van der Waals surface area contributed by atoms with Crippen LogP contribution in [0.4, 0.5) is 0 Å².